The molecule has 2 N–H and O–H groups in total. The highest BCUT2D eigenvalue weighted by Gasteiger charge is 2.14. The van der Waals surface area contributed by atoms with Crippen LogP contribution in [0.15, 0.2) is 46.6 Å². The van der Waals surface area contributed by atoms with Gasteiger partial charge in [0.2, 0.25) is 5.91 Å². The Labute approximate surface area is 178 Å². The predicted molar refractivity (Wildman–Crippen MR) is 114 cm³/mol. The average molecular weight is 546 g/mol. The molecule has 0 atom stereocenters. The molecule has 0 spiro atoms. The molecule has 0 fully saturated rings. The third-order valence-corrected chi connectivity index (χ3v) is 4.71. The maximum atomic E-state index is 11.3. The Balaban J connectivity index is 2.29. The quantitative estimate of drug-likeness (QED) is 0.402. The van der Waals surface area contributed by atoms with Crippen LogP contribution in [0.1, 0.15) is 18.1 Å². The standard InChI is InChI=1S/C19H17BrINO5/c1-11(23)22-16(19(24)25)8-13-7-15(20)18(17(9-13)26-2)27-10-12-3-5-14(21)6-4-12/h3-9H,10H2,1-2H3,(H,22,23)(H,24,25). The largest absolute Gasteiger partial charge is 0.493 e. The molecule has 0 aliphatic rings. The van der Waals surface area contributed by atoms with E-state index >= 15 is 0 Å². The molecular formula is C19H17BrINO5. The van der Waals surface area contributed by atoms with Crippen molar-refractivity contribution < 1.29 is 24.2 Å². The van der Waals surface area contributed by atoms with E-state index in [1.165, 1.54) is 20.1 Å². The van der Waals surface area contributed by atoms with Crippen molar-refractivity contribution in [1.29, 1.82) is 0 Å². The predicted octanol–water partition coefficient (Wildman–Crippen LogP) is 4.20. The molecule has 2 aromatic carbocycles. The van der Waals surface area contributed by atoms with E-state index in [0.29, 0.717) is 28.1 Å². The third-order valence-electron chi connectivity index (χ3n) is 3.40. The van der Waals surface area contributed by atoms with Crippen molar-refractivity contribution in [2.45, 2.75) is 13.5 Å². The first kappa shape index (κ1) is 21.2. The van der Waals surface area contributed by atoms with Gasteiger partial charge in [0.1, 0.15) is 12.3 Å². The molecule has 0 saturated carbocycles. The molecule has 2 rings (SSSR count). The number of carbonyl (C=O) groups excluding carboxylic acids is 1. The van der Waals surface area contributed by atoms with Crippen LogP contribution in [0.5, 0.6) is 11.5 Å². The summed E-state index contributed by atoms with van der Waals surface area (Å²) in [6.45, 7) is 1.60. The molecule has 0 aromatic heterocycles. The number of carboxylic acid groups (broad SMARTS) is 1. The van der Waals surface area contributed by atoms with Crippen molar-refractivity contribution in [3.8, 4) is 11.5 Å². The maximum Gasteiger partial charge on any atom is 0.352 e. The lowest BCUT2D eigenvalue weighted by molar-refractivity contribution is -0.134. The summed E-state index contributed by atoms with van der Waals surface area (Å²) in [5.41, 5.74) is 1.31. The molecule has 6 nitrogen and oxygen atoms in total. The third kappa shape index (κ3) is 6.24. The van der Waals surface area contributed by atoms with Crippen molar-refractivity contribution in [1.82, 2.24) is 5.32 Å². The molecule has 0 saturated heterocycles. The maximum absolute atomic E-state index is 11.3. The fourth-order valence-electron chi connectivity index (χ4n) is 2.21. The minimum absolute atomic E-state index is 0.232. The van der Waals surface area contributed by atoms with Gasteiger partial charge < -0.3 is 19.9 Å². The van der Waals surface area contributed by atoms with Gasteiger partial charge in [0.25, 0.3) is 0 Å². The summed E-state index contributed by atoms with van der Waals surface area (Å²) in [7, 11) is 1.50. The van der Waals surface area contributed by atoms with Crippen LogP contribution in [-0.4, -0.2) is 24.1 Å². The number of nitrogens with one attached hydrogen (secondary N) is 1. The number of amides is 1. The fourth-order valence-corrected chi connectivity index (χ4v) is 3.14. The van der Waals surface area contributed by atoms with E-state index in [-0.39, 0.29) is 5.70 Å². The average Bonchev–Trinajstić information content (AvgIpc) is 2.60. The molecule has 2 aromatic rings. The number of hydrogen-bond donors (Lipinski definition) is 2. The summed E-state index contributed by atoms with van der Waals surface area (Å²) in [6, 6.07) is 11.3. The Morgan fingerprint density at radius 2 is 1.93 bits per heavy atom. The number of carboxylic acids is 1. The van der Waals surface area contributed by atoms with Crippen molar-refractivity contribution in [2.75, 3.05) is 7.11 Å². The summed E-state index contributed by atoms with van der Waals surface area (Å²) in [5, 5.41) is 11.5. The molecule has 0 aliphatic carbocycles. The normalized spacial score (nSPS) is 11.0. The molecule has 0 unspecified atom stereocenters. The zero-order valence-electron chi connectivity index (χ0n) is 14.6. The molecule has 0 radical (unpaired) electrons. The molecule has 0 aliphatic heterocycles. The first-order valence-corrected chi connectivity index (χ1v) is 9.64. The Bertz CT molecular complexity index is 880. The van der Waals surface area contributed by atoms with Crippen LogP contribution < -0.4 is 14.8 Å². The zero-order chi connectivity index (χ0) is 20.0. The number of hydrogen-bond acceptors (Lipinski definition) is 4. The van der Waals surface area contributed by atoms with Crippen molar-refractivity contribution in [2.24, 2.45) is 0 Å². The van der Waals surface area contributed by atoms with E-state index in [1.807, 2.05) is 24.3 Å². The monoisotopic (exact) mass is 545 g/mol. The van der Waals surface area contributed by atoms with Crippen LogP contribution >= 0.6 is 38.5 Å². The molecule has 0 heterocycles. The van der Waals surface area contributed by atoms with Gasteiger partial charge in [0, 0.05) is 10.5 Å². The molecular weight excluding hydrogens is 529 g/mol. The van der Waals surface area contributed by atoms with E-state index in [4.69, 9.17) is 9.47 Å². The van der Waals surface area contributed by atoms with Crippen molar-refractivity contribution in [3.63, 3.8) is 0 Å². The van der Waals surface area contributed by atoms with Gasteiger partial charge in [-0.1, -0.05) is 12.1 Å². The number of ether oxygens (including phenoxy) is 2. The van der Waals surface area contributed by atoms with Crippen LogP contribution in [0, 0.1) is 3.57 Å². The molecule has 142 valence electrons. The van der Waals surface area contributed by atoms with Gasteiger partial charge in [-0.05, 0) is 80.0 Å². The summed E-state index contributed by atoms with van der Waals surface area (Å²) in [6.07, 6.45) is 1.35. The summed E-state index contributed by atoms with van der Waals surface area (Å²) >= 11 is 5.67. The lowest BCUT2D eigenvalue weighted by Gasteiger charge is -2.14. The van der Waals surface area contributed by atoms with E-state index in [1.54, 1.807) is 12.1 Å². The highest BCUT2D eigenvalue weighted by molar-refractivity contribution is 14.1. The van der Waals surface area contributed by atoms with Crippen molar-refractivity contribution >= 4 is 56.5 Å². The second kappa shape index (κ2) is 9.75. The van der Waals surface area contributed by atoms with Gasteiger partial charge in [0.15, 0.2) is 11.5 Å². The fraction of sp³-hybridized carbons (Fsp3) is 0.158. The van der Waals surface area contributed by atoms with Crippen LogP contribution in [0.4, 0.5) is 0 Å². The van der Waals surface area contributed by atoms with E-state index < -0.39 is 11.9 Å². The second-order valence-electron chi connectivity index (χ2n) is 5.49. The number of methoxy groups -OCH3 is 1. The van der Waals surface area contributed by atoms with Crippen LogP contribution in [-0.2, 0) is 16.2 Å². The van der Waals surface area contributed by atoms with Gasteiger partial charge in [-0.3, -0.25) is 4.79 Å². The Hall–Kier alpha value is -2.07. The summed E-state index contributed by atoms with van der Waals surface area (Å²) in [4.78, 5) is 22.4. The number of rotatable bonds is 7. The SMILES string of the molecule is COc1cc(C=C(NC(C)=O)C(=O)O)cc(Br)c1OCc1ccc(I)cc1. The first-order valence-electron chi connectivity index (χ1n) is 7.77. The Kier molecular flexibility index (Phi) is 7.66. The Morgan fingerprint density at radius 1 is 1.26 bits per heavy atom. The lowest BCUT2D eigenvalue weighted by Crippen LogP contribution is -2.24. The number of aliphatic carboxylic acids is 1. The minimum atomic E-state index is -1.24. The first-order chi connectivity index (χ1) is 12.8. The summed E-state index contributed by atoms with van der Waals surface area (Å²) < 4.78 is 13.0. The number of carbonyl (C=O) groups is 2. The van der Waals surface area contributed by atoms with Gasteiger partial charge in [-0.25, -0.2) is 4.79 Å². The topological polar surface area (TPSA) is 84.9 Å². The minimum Gasteiger partial charge on any atom is -0.493 e. The molecule has 27 heavy (non-hydrogen) atoms. The number of benzene rings is 2. The highest BCUT2D eigenvalue weighted by atomic mass is 127. The van der Waals surface area contributed by atoms with Gasteiger partial charge in [-0.2, -0.15) is 0 Å². The van der Waals surface area contributed by atoms with E-state index in [0.717, 1.165) is 9.13 Å². The van der Waals surface area contributed by atoms with E-state index in [2.05, 4.69) is 43.8 Å². The number of halogens is 2. The van der Waals surface area contributed by atoms with Crippen LogP contribution in [0.25, 0.3) is 6.08 Å². The van der Waals surface area contributed by atoms with E-state index in [9.17, 15) is 14.7 Å². The van der Waals surface area contributed by atoms with Crippen LogP contribution in [0.2, 0.25) is 0 Å². The summed E-state index contributed by atoms with van der Waals surface area (Å²) in [5.74, 6) is -0.759. The van der Waals surface area contributed by atoms with Gasteiger partial charge in [-0.15, -0.1) is 0 Å². The molecule has 1 amide bonds. The molecule has 0 bridgehead atoms. The Morgan fingerprint density at radius 3 is 2.48 bits per heavy atom. The highest BCUT2D eigenvalue weighted by Crippen LogP contribution is 2.37. The van der Waals surface area contributed by atoms with Gasteiger partial charge in [0.05, 0.1) is 11.6 Å². The molecule has 8 heteroatoms. The van der Waals surface area contributed by atoms with Gasteiger partial charge >= 0.3 is 5.97 Å². The van der Waals surface area contributed by atoms with Crippen molar-refractivity contribution in [3.05, 3.63) is 61.3 Å². The smallest absolute Gasteiger partial charge is 0.352 e. The zero-order valence-corrected chi connectivity index (χ0v) is 18.3. The van der Waals surface area contributed by atoms with Crippen LogP contribution in [0.3, 0.4) is 0 Å². The lowest BCUT2D eigenvalue weighted by atomic mass is 10.1. The second-order valence-corrected chi connectivity index (χ2v) is 7.59.